The highest BCUT2D eigenvalue weighted by Crippen LogP contribution is 2.27. The molecule has 2 aromatic heterocycles. The monoisotopic (exact) mass is 480 g/mol. The van der Waals surface area contributed by atoms with Gasteiger partial charge in [-0.2, -0.15) is 13.2 Å². The molecule has 0 unspecified atom stereocenters. The Labute approximate surface area is 189 Å². The fraction of sp³-hybridized carbons (Fsp3) is 0.381. The quantitative estimate of drug-likeness (QED) is 0.536. The van der Waals surface area contributed by atoms with Gasteiger partial charge in [-0.1, -0.05) is 17.3 Å². The zero-order chi connectivity index (χ0) is 23.6. The zero-order valence-corrected chi connectivity index (χ0v) is 18.7. The number of pyridine rings is 1. The summed E-state index contributed by atoms with van der Waals surface area (Å²) in [5.41, 5.74) is 1.92. The van der Waals surface area contributed by atoms with Gasteiger partial charge in [0.1, 0.15) is 5.69 Å². The van der Waals surface area contributed by atoms with Crippen LogP contribution in [0.25, 0.3) is 5.69 Å². The van der Waals surface area contributed by atoms with Crippen LogP contribution in [0.15, 0.2) is 48.8 Å². The standard InChI is InChI=1S/C21H23F3N6O2S/c1-33(31,32)15-16-3-2-4-18(11-16)29-9-7-28(8-10-29)13-17-14-30(27-26-17)19-5-6-20(25-12-19)21(22,23)24/h2-6,11-12,14H,7-10,13,15H2,1H3. The maximum absolute atomic E-state index is 12.7. The Morgan fingerprint density at radius 1 is 1.03 bits per heavy atom. The summed E-state index contributed by atoms with van der Waals surface area (Å²) in [6, 6.07) is 9.81. The molecule has 4 rings (SSSR count). The summed E-state index contributed by atoms with van der Waals surface area (Å²) in [6.07, 6.45) is -0.449. The van der Waals surface area contributed by atoms with Gasteiger partial charge < -0.3 is 4.90 Å². The third-order valence-corrected chi connectivity index (χ3v) is 6.16. The lowest BCUT2D eigenvalue weighted by atomic mass is 10.2. The third kappa shape index (κ3) is 6.08. The number of benzene rings is 1. The van der Waals surface area contributed by atoms with E-state index in [2.05, 4.69) is 25.1 Å². The molecule has 0 atom stereocenters. The van der Waals surface area contributed by atoms with Crippen molar-refractivity contribution in [3.8, 4) is 5.69 Å². The first-order chi connectivity index (χ1) is 15.6. The number of sulfone groups is 1. The average molecular weight is 481 g/mol. The van der Waals surface area contributed by atoms with Crippen LogP contribution in [0.2, 0.25) is 0 Å². The Kier molecular flexibility index (Phi) is 6.39. The van der Waals surface area contributed by atoms with Gasteiger partial charge in [-0.25, -0.2) is 18.1 Å². The van der Waals surface area contributed by atoms with Gasteiger partial charge in [-0.05, 0) is 29.8 Å². The molecule has 0 bridgehead atoms. The molecular formula is C21H23F3N6O2S. The summed E-state index contributed by atoms with van der Waals surface area (Å²) >= 11 is 0. The number of anilines is 1. The minimum Gasteiger partial charge on any atom is -0.369 e. The van der Waals surface area contributed by atoms with Gasteiger partial charge in [0.2, 0.25) is 0 Å². The molecule has 3 heterocycles. The molecule has 0 saturated carbocycles. The SMILES string of the molecule is CS(=O)(=O)Cc1cccc(N2CCN(Cc3cn(-c4ccc(C(F)(F)F)nc4)nn3)CC2)c1. The van der Waals surface area contributed by atoms with Gasteiger partial charge in [0, 0.05) is 44.7 Å². The van der Waals surface area contributed by atoms with E-state index in [-0.39, 0.29) is 5.75 Å². The maximum Gasteiger partial charge on any atom is 0.433 e. The van der Waals surface area contributed by atoms with Crippen molar-refractivity contribution < 1.29 is 21.6 Å². The fourth-order valence-corrected chi connectivity index (χ4v) is 4.51. The van der Waals surface area contributed by atoms with Gasteiger partial charge in [0.05, 0.1) is 29.5 Å². The molecule has 1 aromatic carbocycles. The summed E-state index contributed by atoms with van der Waals surface area (Å²) < 4.78 is 62.6. The normalized spacial score (nSPS) is 15.7. The van der Waals surface area contributed by atoms with Crippen molar-refractivity contribution in [2.75, 3.05) is 37.3 Å². The number of alkyl halides is 3. The second-order valence-corrected chi connectivity index (χ2v) is 10.2. The molecule has 0 spiro atoms. The molecule has 1 fully saturated rings. The van der Waals surface area contributed by atoms with E-state index in [0.717, 1.165) is 49.7 Å². The molecule has 0 N–H and O–H groups in total. The predicted octanol–water partition coefficient (Wildman–Crippen LogP) is 2.55. The molecule has 0 radical (unpaired) electrons. The predicted molar refractivity (Wildman–Crippen MR) is 117 cm³/mol. The second-order valence-electron chi connectivity index (χ2n) is 8.06. The lowest BCUT2D eigenvalue weighted by Crippen LogP contribution is -2.46. The van der Waals surface area contributed by atoms with E-state index in [1.54, 1.807) is 6.20 Å². The van der Waals surface area contributed by atoms with Crippen LogP contribution in [0.5, 0.6) is 0 Å². The molecule has 1 saturated heterocycles. The van der Waals surface area contributed by atoms with E-state index in [1.807, 2.05) is 24.3 Å². The van der Waals surface area contributed by atoms with Crippen LogP contribution in [0, 0.1) is 0 Å². The van der Waals surface area contributed by atoms with Crippen LogP contribution in [0.1, 0.15) is 17.0 Å². The molecule has 176 valence electrons. The van der Waals surface area contributed by atoms with E-state index in [9.17, 15) is 21.6 Å². The van der Waals surface area contributed by atoms with E-state index < -0.39 is 21.7 Å². The molecule has 0 amide bonds. The molecule has 12 heteroatoms. The first-order valence-electron chi connectivity index (χ1n) is 10.3. The topological polar surface area (TPSA) is 84.2 Å². The summed E-state index contributed by atoms with van der Waals surface area (Å²) in [6.45, 7) is 3.69. The number of rotatable bonds is 6. The number of piperazine rings is 1. The van der Waals surface area contributed by atoms with Crippen molar-refractivity contribution in [2.45, 2.75) is 18.5 Å². The molecule has 1 aliphatic heterocycles. The van der Waals surface area contributed by atoms with Crippen LogP contribution in [0.3, 0.4) is 0 Å². The molecular weight excluding hydrogens is 457 g/mol. The van der Waals surface area contributed by atoms with Crippen molar-refractivity contribution in [3.63, 3.8) is 0 Å². The zero-order valence-electron chi connectivity index (χ0n) is 17.9. The van der Waals surface area contributed by atoms with Gasteiger partial charge in [0.15, 0.2) is 9.84 Å². The minimum absolute atomic E-state index is 0.0188. The Hall–Kier alpha value is -2.99. The van der Waals surface area contributed by atoms with Gasteiger partial charge in [-0.15, -0.1) is 5.10 Å². The number of hydrogen-bond donors (Lipinski definition) is 0. The smallest absolute Gasteiger partial charge is 0.369 e. The first-order valence-corrected chi connectivity index (χ1v) is 12.3. The lowest BCUT2D eigenvalue weighted by molar-refractivity contribution is -0.141. The lowest BCUT2D eigenvalue weighted by Gasteiger charge is -2.35. The van der Waals surface area contributed by atoms with Crippen molar-refractivity contribution in [2.24, 2.45) is 0 Å². The maximum atomic E-state index is 12.7. The largest absolute Gasteiger partial charge is 0.433 e. The highest BCUT2D eigenvalue weighted by atomic mass is 32.2. The van der Waals surface area contributed by atoms with Crippen LogP contribution in [0.4, 0.5) is 18.9 Å². The Balaban J connectivity index is 1.34. The number of halogens is 3. The summed E-state index contributed by atoms with van der Waals surface area (Å²) in [5.74, 6) is 0.0188. The Morgan fingerprint density at radius 2 is 1.79 bits per heavy atom. The summed E-state index contributed by atoms with van der Waals surface area (Å²) in [5, 5.41) is 8.14. The Morgan fingerprint density at radius 3 is 2.42 bits per heavy atom. The van der Waals surface area contributed by atoms with Crippen LogP contribution in [-0.4, -0.2) is 65.7 Å². The number of aromatic nitrogens is 4. The molecule has 8 nitrogen and oxygen atoms in total. The minimum atomic E-state index is -4.48. The highest BCUT2D eigenvalue weighted by Gasteiger charge is 2.32. The molecule has 1 aliphatic rings. The van der Waals surface area contributed by atoms with Crippen LogP contribution in [-0.2, 0) is 28.3 Å². The first kappa shape index (κ1) is 23.2. The highest BCUT2D eigenvalue weighted by molar-refractivity contribution is 7.89. The van der Waals surface area contributed by atoms with Crippen LogP contribution >= 0.6 is 0 Å². The second kappa shape index (κ2) is 9.10. The van der Waals surface area contributed by atoms with Gasteiger partial charge >= 0.3 is 6.18 Å². The Bertz CT molecular complexity index is 1200. The summed E-state index contributed by atoms with van der Waals surface area (Å²) in [4.78, 5) is 7.88. The molecule has 0 aliphatic carbocycles. The number of nitrogens with zero attached hydrogens (tertiary/aromatic N) is 6. The molecule has 33 heavy (non-hydrogen) atoms. The summed E-state index contributed by atoms with van der Waals surface area (Å²) in [7, 11) is -3.09. The van der Waals surface area contributed by atoms with Crippen LogP contribution < -0.4 is 4.90 Å². The van der Waals surface area contributed by atoms with E-state index in [0.29, 0.717) is 17.9 Å². The average Bonchev–Trinajstić information content (AvgIpc) is 3.21. The van der Waals surface area contributed by atoms with E-state index in [1.165, 1.54) is 17.0 Å². The van der Waals surface area contributed by atoms with E-state index >= 15 is 0 Å². The third-order valence-electron chi connectivity index (χ3n) is 5.31. The van der Waals surface area contributed by atoms with Gasteiger partial charge in [0.25, 0.3) is 0 Å². The number of hydrogen-bond acceptors (Lipinski definition) is 7. The fourth-order valence-electron chi connectivity index (χ4n) is 3.73. The molecule has 3 aromatic rings. The van der Waals surface area contributed by atoms with Crippen molar-refractivity contribution in [1.82, 2.24) is 24.9 Å². The van der Waals surface area contributed by atoms with Crippen molar-refractivity contribution in [1.29, 1.82) is 0 Å². The van der Waals surface area contributed by atoms with Gasteiger partial charge in [-0.3, -0.25) is 4.90 Å². The van der Waals surface area contributed by atoms with Crippen molar-refractivity contribution >= 4 is 15.5 Å². The van der Waals surface area contributed by atoms with Crippen molar-refractivity contribution in [3.05, 3.63) is 65.7 Å². The van der Waals surface area contributed by atoms with E-state index in [4.69, 9.17) is 0 Å².